The molecule has 2 aliphatic rings. The number of amides is 3. The van der Waals surface area contributed by atoms with E-state index in [1.807, 2.05) is 0 Å². The van der Waals surface area contributed by atoms with Crippen molar-refractivity contribution in [2.45, 2.75) is 64.0 Å². The SMILES string of the molecule is CC1NC(=O)N(C2CCCCCCC2)C1=O. The van der Waals surface area contributed by atoms with Crippen molar-refractivity contribution in [3.8, 4) is 0 Å². The van der Waals surface area contributed by atoms with Crippen molar-refractivity contribution in [3.05, 3.63) is 0 Å². The first kappa shape index (κ1) is 11.4. The van der Waals surface area contributed by atoms with Crippen LogP contribution in [-0.4, -0.2) is 28.9 Å². The number of carbonyl (C=O) groups excluding carboxylic acids is 2. The molecule has 0 radical (unpaired) electrons. The molecule has 0 aromatic rings. The first-order valence-corrected chi connectivity index (χ1v) is 6.33. The monoisotopic (exact) mass is 224 g/mol. The van der Waals surface area contributed by atoms with Gasteiger partial charge in [0.05, 0.1) is 0 Å². The summed E-state index contributed by atoms with van der Waals surface area (Å²) in [5.41, 5.74) is 0. The number of urea groups is 1. The van der Waals surface area contributed by atoms with Crippen LogP contribution in [0.1, 0.15) is 51.9 Å². The third kappa shape index (κ3) is 2.20. The van der Waals surface area contributed by atoms with Gasteiger partial charge in [-0.2, -0.15) is 0 Å². The average molecular weight is 224 g/mol. The molecule has 2 rings (SSSR count). The van der Waals surface area contributed by atoms with E-state index in [9.17, 15) is 9.59 Å². The van der Waals surface area contributed by atoms with E-state index < -0.39 is 0 Å². The fraction of sp³-hybridized carbons (Fsp3) is 0.833. The van der Waals surface area contributed by atoms with E-state index in [2.05, 4.69) is 5.32 Å². The minimum Gasteiger partial charge on any atom is -0.326 e. The van der Waals surface area contributed by atoms with Gasteiger partial charge in [-0.3, -0.25) is 9.69 Å². The highest BCUT2D eigenvalue weighted by Crippen LogP contribution is 2.23. The van der Waals surface area contributed by atoms with Crippen molar-refractivity contribution in [2.24, 2.45) is 0 Å². The summed E-state index contributed by atoms with van der Waals surface area (Å²) in [5.74, 6) is -0.0458. The van der Waals surface area contributed by atoms with Gasteiger partial charge < -0.3 is 5.32 Å². The number of hydrogen-bond donors (Lipinski definition) is 1. The predicted octanol–water partition coefficient (Wildman–Crippen LogP) is 2.04. The molecule has 0 aromatic carbocycles. The smallest absolute Gasteiger partial charge is 0.325 e. The summed E-state index contributed by atoms with van der Waals surface area (Å²) in [7, 11) is 0. The third-order valence-corrected chi connectivity index (χ3v) is 3.61. The Hall–Kier alpha value is -1.06. The summed E-state index contributed by atoms with van der Waals surface area (Å²) in [5, 5.41) is 2.69. The summed E-state index contributed by atoms with van der Waals surface area (Å²) >= 11 is 0. The molecule has 1 heterocycles. The van der Waals surface area contributed by atoms with E-state index >= 15 is 0 Å². The lowest BCUT2D eigenvalue weighted by Gasteiger charge is -2.26. The second-order valence-corrected chi connectivity index (χ2v) is 4.88. The van der Waals surface area contributed by atoms with Gasteiger partial charge >= 0.3 is 6.03 Å². The van der Waals surface area contributed by atoms with Crippen LogP contribution in [0.25, 0.3) is 0 Å². The molecule has 2 fully saturated rings. The minimum atomic E-state index is -0.335. The fourth-order valence-corrected chi connectivity index (χ4v) is 2.66. The number of carbonyl (C=O) groups is 2. The second kappa shape index (κ2) is 4.85. The first-order chi connectivity index (χ1) is 7.70. The van der Waals surface area contributed by atoms with Crippen molar-refractivity contribution >= 4 is 11.9 Å². The quantitative estimate of drug-likeness (QED) is 0.693. The minimum absolute atomic E-state index is 0.0458. The Bertz CT molecular complexity index is 283. The molecule has 1 unspecified atom stereocenters. The lowest BCUT2D eigenvalue weighted by atomic mass is 9.95. The predicted molar refractivity (Wildman–Crippen MR) is 60.9 cm³/mol. The van der Waals surface area contributed by atoms with Crippen LogP contribution in [0.3, 0.4) is 0 Å². The molecule has 0 spiro atoms. The van der Waals surface area contributed by atoms with E-state index in [-0.39, 0.29) is 24.0 Å². The topological polar surface area (TPSA) is 49.4 Å². The molecule has 0 bridgehead atoms. The van der Waals surface area contributed by atoms with Crippen molar-refractivity contribution in [1.82, 2.24) is 10.2 Å². The maximum Gasteiger partial charge on any atom is 0.325 e. The van der Waals surface area contributed by atoms with E-state index in [0.29, 0.717) is 0 Å². The molecule has 4 nitrogen and oxygen atoms in total. The van der Waals surface area contributed by atoms with Gasteiger partial charge in [-0.1, -0.05) is 32.1 Å². The van der Waals surface area contributed by atoms with Crippen LogP contribution in [0.4, 0.5) is 4.79 Å². The Morgan fingerprint density at radius 3 is 2.12 bits per heavy atom. The van der Waals surface area contributed by atoms with Crippen LogP contribution in [0, 0.1) is 0 Å². The van der Waals surface area contributed by atoms with E-state index in [0.717, 1.165) is 25.7 Å². The number of nitrogens with one attached hydrogen (secondary N) is 1. The number of imide groups is 1. The number of rotatable bonds is 1. The van der Waals surface area contributed by atoms with Crippen LogP contribution < -0.4 is 5.32 Å². The Morgan fingerprint density at radius 2 is 1.62 bits per heavy atom. The number of hydrogen-bond acceptors (Lipinski definition) is 2. The fourth-order valence-electron chi connectivity index (χ4n) is 2.66. The third-order valence-electron chi connectivity index (χ3n) is 3.61. The van der Waals surface area contributed by atoms with Gasteiger partial charge in [0.1, 0.15) is 6.04 Å². The molecule has 0 aromatic heterocycles. The summed E-state index contributed by atoms with van der Waals surface area (Å²) in [6.45, 7) is 1.75. The standard InChI is InChI=1S/C12H20N2O2/c1-9-11(15)14(12(16)13-9)10-7-5-3-2-4-6-8-10/h9-10H,2-8H2,1H3,(H,13,16). The van der Waals surface area contributed by atoms with Gasteiger partial charge in [0.25, 0.3) is 5.91 Å². The summed E-state index contributed by atoms with van der Waals surface area (Å²) in [4.78, 5) is 25.0. The van der Waals surface area contributed by atoms with Crippen LogP contribution in [0.15, 0.2) is 0 Å². The van der Waals surface area contributed by atoms with Gasteiger partial charge in [0, 0.05) is 6.04 Å². The zero-order chi connectivity index (χ0) is 11.5. The highest BCUT2D eigenvalue weighted by Gasteiger charge is 2.39. The van der Waals surface area contributed by atoms with E-state index in [1.54, 1.807) is 6.92 Å². The highest BCUT2D eigenvalue weighted by molar-refractivity contribution is 6.04. The molecule has 1 aliphatic heterocycles. The molecule has 1 N–H and O–H groups in total. The lowest BCUT2D eigenvalue weighted by molar-refractivity contribution is -0.129. The highest BCUT2D eigenvalue weighted by atomic mass is 16.2. The van der Waals surface area contributed by atoms with Crippen LogP contribution in [-0.2, 0) is 4.79 Å². The van der Waals surface area contributed by atoms with Gasteiger partial charge in [0.15, 0.2) is 0 Å². The Labute approximate surface area is 96.4 Å². The largest absolute Gasteiger partial charge is 0.326 e. The summed E-state index contributed by atoms with van der Waals surface area (Å²) in [6.07, 6.45) is 7.98. The molecule has 3 amide bonds. The Balaban J connectivity index is 2.04. The van der Waals surface area contributed by atoms with Crippen molar-refractivity contribution in [1.29, 1.82) is 0 Å². The van der Waals surface area contributed by atoms with Crippen molar-refractivity contribution in [2.75, 3.05) is 0 Å². The molecular weight excluding hydrogens is 204 g/mol. The molecule has 90 valence electrons. The molecule has 1 saturated heterocycles. The lowest BCUT2D eigenvalue weighted by Crippen LogP contribution is -2.41. The first-order valence-electron chi connectivity index (χ1n) is 6.33. The van der Waals surface area contributed by atoms with Crippen LogP contribution in [0.2, 0.25) is 0 Å². The van der Waals surface area contributed by atoms with Gasteiger partial charge in [-0.25, -0.2) is 4.79 Å². The maximum atomic E-state index is 11.9. The molecular formula is C12H20N2O2. The van der Waals surface area contributed by atoms with Crippen molar-refractivity contribution < 1.29 is 9.59 Å². The average Bonchev–Trinajstić information content (AvgIpc) is 2.43. The molecule has 4 heteroatoms. The maximum absolute atomic E-state index is 11.9. The van der Waals surface area contributed by atoms with E-state index in [1.165, 1.54) is 24.2 Å². The van der Waals surface area contributed by atoms with Crippen LogP contribution >= 0.6 is 0 Å². The zero-order valence-corrected chi connectivity index (χ0v) is 9.87. The van der Waals surface area contributed by atoms with Crippen LogP contribution in [0.5, 0.6) is 0 Å². The van der Waals surface area contributed by atoms with E-state index in [4.69, 9.17) is 0 Å². The second-order valence-electron chi connectivity index (χ2n) is 4.88. The number of nitrogens with zero attached hydrogens (tertiary/aromatic N) is 1. The normalized spacial score (nSPS) is 28.8. The molecule has 1 atom stereocenters. The molecule has 1 saturated carbocycles. The molecule has 1 aliphatic carbocycles. The van der Waals surface area contributed by atoms with Gasteiger partial charge in [0.2, 0.25) is 0 Å². The van der Waals surface area contributed by atoms with Crippen molar-refractivity contribution in [3.63, 3.8) is 0 Å². The Kier molecular flexibility index (Phi) is 3.46. The Morgan fingerprint density at radius 1 is 1.06 bits per heavy atom. The van der Waals surface area contributed by atoms with Gasteiger partial charge in [-0.05, 0) is 19.8 Å². The summed E-state index contributed by atoms with van der Waals surface area (Å²) in [6, 6.07) is -0.390. The van der Waals surface area contributed by atoms with Gasteiger partial charge in [-0.15, -0.1) is 0 Å². The zero-order valence-electron chi connectivity index (χ0n) is 9.87. The summed E-state index contributed by atoms with van der Waals surface area (Å²) < 4.78 is 0. The molecule has 16 heavy (non-hydrogen) atoms.